The van der Waals surface area contributed by atoms with E-state index in [2.05, 4.69) is 19.2 Å². The number of hydrogen-bond donors (Lipinski definition) is 1. The van der Waals surface area contributed by atoms with Crippen molar-refractivity contribution < 1.29 is 9.47 Å². The molecule has 3 heteroatoms. The summed E-state index contributed by atoms with van der Waals surface area (Å²) in [7, 11) is 1.71. The van der Waals surface area contributed by atoms with Crippen LogP contribution in [0.15, 0.2) is 54.6 Å². The molecule has 2 aromatic carbocycles. The van der Waals surface area contributed by atoms with E-state index in [4.69, 9.17) is 9.47 Å². The Hall–Kier alpha value is -2.00. The fourth-order valence-electron chi connectivity index (χ4n) is 2.06. The molecule has 0 aromatic heterocycles. The van der Waals surface area contributed by atoms with Crippen LogP contribution in [0.1, 0.15) is 13.8 Å². The topological polar surface area (TPSA) is 30.5 Å². The standard InChI is InChI=1S/C18H23NO2/c1-18(2,13-20-3)14-21-17-11-7-10-16(12-17)19-15-8-5-4-6-9-15/h4-12,19H,13-14H2,1-3H3. The number of rotatable bonds is 7. The summed E-state index contributed by atoms with van der Waals surface area (Å²) in [6.45, 7) is 5.55. The maximum atomic E-state index is 5.88. The van der Waals surface area contributed by atoms with Gasteiger partial charge in [-0.2, -0.15) is 0 Å². The molecule has 0 heterocycles. The lowest BCUT2D eigenvalue weighted by Gasteiger charge is -2.23. The van der Waals surface area contributed by atoms with Gasteiger partial charge in [-0.15, -0.1) is 0 Å². The van der Waals surface area contributed by atoms with E-state index in [1.54, 1.807) is 7.11 Å². The molecule has 1 N–H and O–H groups in total. The van der Waals surface area contributed by atoms with Crippen LogP contribution in [0.2, 0.25) is 0 Å². The second kappa shape index (κ2) is 7.14. The molecule has 0 amide bonds. The number of benzene rings is 2. The average Bonchev–Trinajstić information content (AvgIpc) is 2.47. The lowest BCUT2D eigenvalue weighted by molar-refractivity contribution is 0.0644. The van der Waals surface area contributed by atoms with Gasteiger partial charge in [-0.3, -0.25) is 0 Å². The van der Waals surface area contributed by atoms with E-state index >= 15 is 0 Å². The minimum Gasteiger partial charge on any atom is -0.493 e. The second-order valence-electron chi connectivity index (χ2n) is 5.90. The van der Waals surface area contributed by atoms with Crippen LogP contribution in [0, 0.1) is 5.41 Å². The van der Waals surface area contributed by atoms with Gasteiger partial charge in [0.05, 0.1) is 13.2 Å². The predicted molar refractivity (Wildman–Crippen MR) is 87.3 cm³/mol. The van der Waals surface area contributed by atoms with Crippen LogP contribution in [-0.4, -0.2) is 20.3 Å². The Morgan fingerprint density at radius 1 is 0.905 bits per heavy atom. The van der Waals surface area contributed by atoms with Crippen LogP contribution in [0.5, 0.6) is 5.75 Å². The molecule has 0 aliphatic heterocycles. The Kier molecular flexibility index (Phi) is 5.23. The third kappa shape index (κ3) is 5.12. The summed E-state index contributed by atoms with van der Waals surface area (Å²) in [4.78, 5) is 0. The molecule has 0 aliphatic rings. The van der Waals surface area contributed by atoms with Gasteiger partial charge in [-0.1, -0.05) is 38.1 Å². The largest absolute Gasteiger partial charge is 0.493 e. The number of hydrogen-bond acceptors (Lipinski definition) is 3. The first-order valence-corrected chi connectivity index (χ1v) is 7.13. The number of methoxy groups -OCH3 is 1. The van der Waals surface area contributed by atoms with Gasteiger partial charge >= 0.3 is 0 Å². The highest BCUT2D eigenvalue weighted by Crippen LogP contribution is 2.23. The quantitative estimate of drug-likeness (QED) is 0.813. The molecule has 0 spiro atoms. The number of para-hydroxylation sites is 1. The molecule has 0 atom stereocenters. The van der Waals surface area contributed by atoms with Crippen LogP contribution in [0.25, 0.3) is 0 Å². The predicted octanol–water partition coefficient (Wildman–Crippen LogP) is 4.48. The van der Waals surface area contributed by atoms with Gasteiger partial charge in [0, 0.05) is 30.0 Å². The highest BCUT2D eigenvalue weighted by atomic mass is 16.5. The van der Waals surface area contributed by atoms with Gasteiger partial charge in [0.2, 0.25) is 0 Å². The fourth-order valence-corrected chi connectivity index (χ4v) is 2.06. The Labute approximate surface area is 126 Å². The second-order valence-corrected chi connectivity index (χ2v) is 5.90. The van der Waals surface area contributed by atoms with Crippen molar-refractivity contribution in [2.24, 2.45) is 5.41 Å². The lowest BCUT2D eigenvalue weighted by Crippen LogP contribution is -2.26. The molecule has 2 aromatic rings. The van der Waals surface area contributed by atoms with Gasteiger partial charge in [0.15, 0.2) is 0 Å². The van der Waals surface area contributed by atoms with Crippen LogP contribution in [-0.2, 0) is 4.74 Å². The molecule has 3 nitrogen and oxygen atoms in total. The van der Waals surface area contributed by atoms with E-state index in [1.807, 2.05) is 54.6 Å². The van der Waals surface area contributed by atoms with Crippen molar-refractivity contribution in [1.29, 1.82) is 0 Å². The molecule has 0 unspecified atom stereocenters. The molecule has 21 heavy (non-hydrogen) atoms. The summed E-state index contributed by atoms with van der Waals surface area (Å²) in [5, 5.41) is 3.36. The van der Waals surface area contributed by atoms with Crippen LogP contribution < -0.4 is 10.1 Å². The van der Waals surface area contributed by atoms with Crippen molar-refractivity contribution in [3.05, 3.63) is 54.6 Å². The molecule has 2 rings (SSSR count). The first-order valence-electron chi connectivity index (χ1n) is 7.13. The molecule has 112 valence electrons. The van der Waals surface area contributed by atoms with Crippen LogP contribution >= 0.6 is 0 Å². The normalized spacial score (nSPS) is 11.2. The zero-order valence-electron chi connectivity index (χ0n) is 12.9. The van der Waals surface area contributed by atoms with Gasteiger partial charge in [-0.25, -0.2) is 0 Å². The Morgan fingerprint density at radius 2 is 1.62 bits per heavy atom. The Morgan fingerprint density at radius 3 is 2.33 bits per heavy atom. The van der Waals surface area contributed by atoms with Gasteiger partial charge in [0.1, 0.15) is 5.75 Å². The van der Waals surface area contributed by atoms with E-state index in [0.29, 0.717) is 13.2 Å². The molecule has 0 fully saturated rings. The molecular formula is C18H23NO2. The number of anilines is 2. The summed E-state index contributed by atoms with van der Waals surface area (Å²) < 4.78 is 11.1. The van der Waals surface area contributed by atoms with Crippen LogP contribution in [0.3, 0.4) is 0 Å². The van der Waals surface area contributed by atoms with Gasteiger partial charge in [-0.05, 0) is 24.3 Å². The molecule has 0 radical (unpaired) electrons. The molecule has 0 bridgehead atoms. The third-order valence-electron chi connectivity index (χ3n) is 3.06. The fraction of sp³-hybridized carbons (Fsp3) is 0.333. The number of ether oxygens (including phenoxy) is 2. The summed E-state index contributed by atoms with van der Waals surface area (Å²) in [6.07, 6.45) is 0. The summed E-state index contributed by atoms with van der Waals surface area (Å²) >= 11 is 0. The van der Waals surface area contributed by atoms with Crippen molar-refractivity contribution in [3.63, 3.8) is 0 Å². The third-order valence-corrected chi connectivity index (χ3v) is 3.06. The van der Waals surface area contributed by atoms with E-state index in [1.165, 1.54) is 0 Å². The summed E-state index contributed by atoms with van der Waals surface area (Å²) in [5.41, 5.74) is 2.08. The molecule has 0 saturated heterocycles. The minimum atomic E-state index is -0.00237. The smallest absolute Gasteiger partial charge is 0.121 e. The van der Waals surface area contributed by atoms with Crippen molar-refractivity contribution in [2.75, 3.05) is 25.6 Å². The van der Waals surface area contributed by atoms with E-state index in [9.17, 15) is 0 Å². The monoisotopic (exact) mass is 285 g/mol. The van der Waals surface area contributed by atoms with E-state index in [0.717, 1.165) is 17.1 Å². The van der Waals surface area contributed by atoms with Crippen LogP contribution in [0.4, 0.5) is 11.4 Å². The highest BCUT2D eigenvalue weighted by molar-refractivity contribution is 5.60. The van der Waals surface area contributed by atoms with Crippen molar-refractivity contribution in [2.45, 2.75) is 13.8 Å². The molecule has 0 saturated carbocycles. The first kappa shape index (κ1) is 15.4. The van der Waals surface area contributed by atoms with Gasteiger partial charge < -0.3 is 14.8 Å². The Balaban J connectivity index is 1.98. The zero-order valence-corrected chi connectivity index (χ0v) is 12.9. The maximum Gasteiger partial charge on any atom is 0.121 e. The summed E-state index contributed by atoms with van der Waals surface area (Å²) in [6, 6.07) is 18.1. The zero-order chi connectivity index (χ0) is 15.1. The first-order chi connectivity index (χ1) is 10.1. The number of nitrogens with one attached hydrogen (secondary N) is 1. The van der Waals surface area contributed by atoms with Gasteiger partial charge in [0.25, 0.3) is 0 Å². The average molecular weight is 285 g/mol. The lowest BCUT2D eigenvalue weighted by atomic mass is 9.96. The van der Waals surface area contributed by atoms with Crippen molar-refractivity contribution in [1.82, 2.24) is 0 Å². The molecule has 0 aliphatic carbocycles. The minimum absolute atomic E-state index is 0.00237. The SMILES string of the molecule is COCC(C)(C)COc1cccc(Nc2ccccc2)c1. The van der Waals surface area contributed by atoms with E-state index < -0.39 is 0 Å². The maximum absolute atomic E-state index is 5.88. The Bertz CT molecular complexity index is 552. The van der Waals surface area contributed by atoms with Crippen molar-refractivity contribution in [3.8, 4) is 5.75 Å². The highest BCUT2D eigenvalue weighted by Gasteiger charge is 2.18. The van der Waals surface area contributed by atoms with E-state index in [-0.39, 0.29) is 5.41 Å². The van der Waals surface area contributed by atoms with Crippen molar-refractivity contribution >= 4 is 11.4 Å². The summed E-state index contributed by atoms with van der Waals surface area (Å²) in [5.74, 6) is 0.861. The molecular weight excluding hydrogens is 262 g/mol.